The van der Waals surface area contributed by atoms with Gasteiger partial charge in [0.1, 0.15) is 6.29 Å². The van der Waals surface area contributed by atoms with Gasteiger partial charge in [-0.15, -0.1) is 0 Å². The Morgan fingerprint density at radius 2 is 2.21 bits per heavy atom. The topological polar surface area (TPSA) is 46.5 Å². The van der Waals surface area contributed by atoms with Crippen LogP contribution in [0.3, 0.4) is 0 Å². The molecule has 3 nitrogen and oxygen atoms in total. The van der Waals surface area contributed by atoms with Crippen LogP contribution in [0, 0.1) is 0 Å². The fraction of sp³-hybridized carbons (Fsp3) is 0.300. The van der Waals surface area contributed by atoms with Gasteiger partial charge >= 0.3 is 7.12 Å². The lowest BCUT2D eigenvalue weighted by Crippen LogP contribution is -2.28. The molecule has 0 spiro atoms. The van der Waals surface area contributed by atoms with E-state index in [1.54, 1.807) is 12.1 Å². The highest BCUT2D eigenvalue weighted by atomic mass is 16.5. The molecule has 1 aliphatic rings. The average Bonchev–Trinajstić information content (AvgIpc) is 2.37. The molecule has 0 saturated heterocycles. The third-order valence-corrected chi connectivity index (χ3v) is 2.53. The second-order valence-electron chi connectivity index (χ2n) is 3.95. The first-order valence-electron chi connectivity index (χ1n) is 4.50. The first-order chi connectivity index (χ1) is 6.54. The highest BCUT2D eigenvalue weighted by Gasteiger charge is 2.40. The zero-order chi connectivity index (χ0) is 10.3. The molecule has 0 saturated carbocycles. The number of fused-ring (bicyclic) bond motifs is 1. The molecular weight excluding hydrogens is 179 g/mol. The monoisotopic (exact) mass is 190 g/mol. The van der Waals surface area contributed by atoms with Gasteiger partial charge in [0.15, 0.2) is 0 Å². The highest BCUT2D eigenvalue weighted by Crippen LogP contribution is 2.29. The number of rotatable bonds is 1. The Kier molecular flexibility index (Phi) is 1.98. The van der Waals surface area contributed by atoms with Gasteiger partial charge in [0.05, 0.1) is 5.60 Å². The maximum absolute atomic E-state index is 10.6. The van der Waals surface area contributed by atoms with Crippen LogP contribution in [-0.4, -0.2) is 18.4 Å². The first kappa shape index (κ1) is 9.43. The predicted octanol–water partition coefficient (Wildman–Crippen LogP) is 0.452. The number of hydrogen-bond donors (Lipinski definition) is 1. The summed E-state index contributed by atoms with van der Waals surface area (Å²) in [4.78, 5) is 10.6. The van der Waals surface area contributed by atoms with Crippen molar-refractivity contribution in [2.45, 2.75) is 19.4 Å². The van der Waals surface area contributed by atoms with E-state index in [1.807, 2.05) is 19.9 Å². The second-order valence-corrected chi connectivity index (χ2v) is 3.95. The van der Waals surface area contributed by atoms with Crippen molar-refractivity contribution < 1.29 is 14.5 Å². The molecule has 2 rings (SSSR count). The molecule has 0 radical (unpaired) electrons. The van der Waals surface area contributed by atoms with E-state index < -0.39 is 12.7 Å². The van der Waals surface area contributed by atoms with Crippen LogP contribution >= 0.6 is 0 Å². The lowest BCUT2D eigenvalue weighted by molar-refractivity contribution is 0.101. The molecule has 4 heteroatoms. The maximum Gasteiger partial charge on any atom is 0.492 e. The molecule has 1 aromatic rings. The Hall–Kier alpha value is -1.13. The summed E-state index contributed by atoms with van der Waals surface area (Å²) in [7, 11) is -0.917. The van der Waals surface area contributed by atoms with E-state index in [2.05, 4.69) is 0 Å². The third kappa shape index (κ3) is 1.27. The number of hydrogen-bond acceptors (Lipinski definition) is 3. The molecule has 0 bridgehead atoms. The van der Waals surface area contributed by atoms with Gasteiger partial charge in [0, 0.05) is 5.56 Å². The molecule has 0 aromatic heterocycles. The zero-order valence-corrected chi connectivity index (χ0v) is 8.15. The van der Waals surface area contributed by atoms with Crippen molar-refractivity contribution in [3.05, 3.63) is 29.3 Å². The highest BCUT2D eigenvalue weighted by molar-refractivity contribution is 6.62. The van der Waals surface area contributed by atoms with Crippen LogP contribution in [0.25, 0.3) is 0 Å². The van der Waals surface area contributed by atoms with E-state index in [9.17, 15) is 9.82 Å². The molecule has 0 atom stereocenters. The van der Waals surface area contributed by atoms with Crippen LogP contribution in [0.1, 0.15) is 29.8 Å². The molecule has 0 aliphatic carbocycles. The maximum atomic E-state index is 10.6. The Labute approximate surface area is 82.8 Å². The molecule has 1 aromatic carbocycles. The molecule has 1 aliphatic heterocycles. The summed E-state index contributed by atoms with van der Waals surface area (Å²) < 4.78 is 5.36. The summed E-state index contributed by atoms with van der Waals surface area (Å²) in [6.45, 7) is 3.78. The lowest BCUT2D eigenvalue weighted by Gasteiger charge is -2.19. The van der Waals surface area contributed by atoms with Crippen LogP contribution in [0.5, 0.6) is 0 Å². The quantitative estimate of drug-likeness (QED) is 0.516. The third-order valence-electron chi connectivity index (χ3n) is 2.53. The molecule has 0 unspecified atom stereocenters. The number of aldehydes is 1. The molecule has 72 valence electrons. The van der Waals surface area contributed by atoms with Gasteiger partial charge in [-0.3, -0.25) is 4.79 Å². The van der Waals surface area contributed by atoms with Gasteiger partial charge in [-0.2, -0.15) is 0 Å². The van der Waals surface area contributed by atoms with Crippen LogP contribution < -0.4 is 5.46 Å². The van der Waals surface area contributed by atoms with Crippen LogP contribution in [0.15, 0.2) is 18.2 Å². The van der Waals surface area contributed by atoms with E-state index in [0.29, 0.717) is 11.0 Å². The second kappa shape index (κ2) is 2.93. The Bertz CT molecular complexity index is 387. The lowest BCUT2D eigenvalue weighted by atomic mass is 9.77. The van der Waals surface area contributed by atoms with Crippen molar-refractivity contribution >= 4 is 18.9 Å². The SMILES string of the molecule is CC1(C)OB(O)c2cc(C=O)ccc21. The summed E-state index contributed by atoms with van der Waals surface area (Å²) in [5.41, 5.74) is 1.72. The zero-order valence-electron chi connectivity index (χ0n) is 8.15. The molecular formula is C10H11BO3. The van der Waals surface area contributed by atoms with Crippen molar-refractivity contribution in [1.29, 1.82) is 0 Å². The van der Waals surface area contributed by atoms with Gasteiger partial charge in [-0.25, -0.2) is 0 Å². The number of benzene rings is 1. The van der Waals surface area contributed by atoms with Crippen molar-refractivity contribution in [2.75, 3.05) is 0 Å². The Morgan fingerprint density at radius 1 is 1.50 bits per heavy atom. The Morgan fingerprint density at radius 3 is 2.86 bits per heavy atom. The standard InChI is InChI=1S/C10H11BO3/c1-10(2)8-4-3-7(6-12)5-9(8)11(13)14-10/h3-6,13H,1-2H3. The minimum Gasteiger partial charge on any atom is -0.423 e. The van der Waals surface area contributed by atoms with E-state index in [0.717, 1.165) is 11.8 Å². The van der Waals surface area contributed by atoms with Crippen molar-refractivity contribution in [2.24, 2.45) is 0 Å². The van der Waals surface area contributed by atoms with Gasteiger partial charge in [0.2, 0.25) is 0 Å². The minimum atomic E-state index is -0.917. The molecule has 1 N–H and O–H groups in total. The smallest absolute Gasteiger partial charge is 0.423 e. The summed E-state index contributed by atoms with van der Waals surface area (Å²) >= 11 is 0. The number of carbonyl (C=O) groups is 1. The summed E-state index contributed by atoms with van der Waals surface area (Å²) in [6.07, 6.45) is 0.762. The number of carbonyl (C=O) groups excluding carboxylic acids is 1. The van der Waals surface area contributed by atoms with Crippen molar-refractivity contribution in [1.82, 2.24) is 0 Å². The molecule has 1 heterocycles. The fourth-order valence-corrected chi connectivity index (χ4v) is 1.81. The van der Waals surface area contributed by atoms with Crippen molar-refractivity contribution in [3.8, 4) is 0 Å². The van der Waals surface area contributed by atoms with Gasteiger partial charge < -0.3 is 9.68 Å². The molecule has 0 amide bonds. The van der Waals surface area contributed by atoms with Gasteiger partial charge in [0.25, 0.3) is 0 Å². The van der Waals surface area contributed by atoms with Crippen molar-refractivity contribution in [3.63, 3.8) is 0 Å². The van der Waals surface area contributed by atoms with Crippen LogP contribution in [0.4, 0.5) is 0 Å². The minimum absolute atomic E-state index is 0.476. The van der Waals surface area contributed by atoms with E-state index in [1.165, 1.54) is 0 Å². The largest absolute Gasteiger partial charge is 0.492 e. The van der Waals surface area contributed by atoms with E-state index in [-0.39, 0.29) is 0 Å². The summed E-state index contributed by atoms with van der Waals surface area (Å²) in [6, 6.07) is 5.23. The Balaban J connectivity index is 2.57. The fourth-order valence-electron chi connectivity index (χ4n) is 1.81. The predicted molar refractivity (Wildman–Crippen MR) is 53.5 cm³/mol. The van der Waals surface area contributed by atoms with Crippen LogP contribution in [-0.2, 0) is 10.3 Å². The normalized spacial score (nSPS) is 18.1. The average molecular weight is 190 g/mol. The van der Waals surface area contributed by atoms with E-state index in [4.69, 9.17) is 4.65 Å². The van der Waals surface area contributed by atoms with E-state index >= 15 is 0 Å². The molecule has 14 heavy (non-hydrogen) atoms. The molecule has 0 fully saturated rings. The van der Waals surface area contributed by atoms with Gasteiger partial charge in [-0.05, 0) is 24.9 Å². The van der Waals surface area contributed by atoms with Gasteiger partial charge in [-0.1, -0.05) is 18.2 Å². The van der Waals surface area contributed by atoms with Crippen LogP contribution in [0.2, 0.25) is 0 Å². The summed E-state index contributed by atoms with van der Waals surface area (Å²) in [5.74, 6) is 0. The first-order valence-corrected chi connectivity index (χ1v) is 4.50. The summed E-state index contributed by atoms with van der Waals surface area (Å²) in [5, 5.41) is 9.60.